The van der Waals surface area contributed by atoms with Crippen LogP contribution in [0.2, 0.25) is 0 Å². The van der Waals surface area contributed by atoms with E-state index in [1.165, 1.54) is 6.07 Å². The van der Waals surface area contributed by atoms with Crippen LogP contribution in [0.3, 0.4) is 0 Å². The van der Waals surface area contributed by atoms with Crippen LogP contribution in [0.1, 0.15) is 21.8 Å². The van der Waals surface area contributed by atoms with Crippen molar-refractivity contribution in [3.63, 3.8) is 0 Å². The number of benzene rings is 2. The Balaban J connectivity index is 1.83. The molecule has 126 valence electrons. The number of amides is 2. The third-order valence-corrected chi connectivity index (χ3v) is 3.75. The summed E-state index contributed by atoms with van der Waals surface area (Å²) >= 11 is 0. The highest BCUT2D eigenvalue weighted by molar-refractivity contribution is 6.47. The molecule has 1 aliphatic heterocycles. The number of hydrogen-bond donors (Lipinski definition) is 3. The van der Waals surface area contributed by atoms with Gasteiger partial charge in [0.1, 0.15) is 5.92 Å². The number of rotatable bonds is 4. The molecule has 0 aromatic heterocycles. The highest BCUT2D eigenvalue weighted by Gasteiger charge is 2.39. The summed E-state index contributed by atoms with van der Waals surface area (Å²) in [5.74, 6) is -6.11. The van der Waals surface area contributed by atoms with Crippen LogP contribution in [0.15, 0.2) is 42.5 Å². The number of anilines is 2. The standard InChI is InChI=1S/C17H12N2O6/c20-12-6-5-8(7-10(12)17(24)25)18-16(23)14(21)13-9-3-1-2-4-11(9)19-15(13)22/h1-7,13,20H,(H,18,23)(H,19,22)(H,24,25)/p-1/t13-/m0/s1. The van der Waals surface area contributed by atoms with E-state index in [0.29, 0.717) is 11.3 Å². The Morgan fingerprint density at radius 1 is 1.12 bits per heavy atom. The number of hydrogen-bond acceptors (Lipinski definition) is 5. The molecular weight excluding hydrogens is 328 g/mol. The zero-order valence-corrected chi connectivity index (χ0v) is 12.6. The van der Waals surface area contributed by atoms with Gasteiger partial charge in [-0.05, 0) is 23.8 Å². The molecule has 25 heavy (non-hydrogen) atoms. The molecule has 0 saturated heterocycles. The molecule has 0 bridgehead atoms. The number of carbonyl (C=O) groups excluding carboxylic acids is 3. The molecule has 2 aromatic rings. The number of nitrogens with one attached hydrogen (secondary N) is 2. The second-order valence-electron chi connectivity index (χ2n) is 5.34. The highest BCUT2D eigenvalue weighted by atomic mass is 16.4. The SMILES string of the molecule is O=C(Nc1ccc([O-])c(C(=O)O)c1)C(=O)[C@H]1C(=O)Nc2ccccc21. The Morgan fingerprint density at radius 3 is 2.56 bits per heavy atom. The van der Waals surface area contributed by atoms with Crippen LogP contribution in [0, 0.1) is 0 Å². The third kappa shape index (κ3) is 2.92. The maximum absolute atomic E-state index is 12.4. The predicted octanol–water partition coefficient (Wildman–Crippen LogP) is 0.702. The molecule has 0 saturated carbocycles. The van der Waals surface area contributed by atoms with Crippen molar-refractivity contribution in [2.24, 2.45) is 0 Å². The summed E-state index contributed by atoms with van der Waals surface area (Å²) in [6.07, 6.45) is 0. The van der Waals surface area contributed by atoms with Crippen LogP contribution < -0.4 is 15.7 Å². The average molecular weight is 339 g/mol. The molecule has 0 fully saturated rings. The van der Waals surface area contributed by atoms with Crippen molar-refractivity contribution >= 4 is 34.9 Å². The number of Topliss-reactive ketones (excluding diaryl/α,β-unsaturated/α-hetero) is 1. The Hall–Kier alpha value is -3.68. The van der Waals surface area contributed by atoms with Crippen molar-refractivity contribution in [3.8, 4) is 5.75 Å². The minimum absolute atomic E-state index is 0.0259. The van der Waals surface area contributed by atoms with E-state index in [1.807, 2.05) is 0 Å². The van der Waals surface area contributed by atoms with Crippen molar-refractivity contribution in [3.05, 3.63) is 53.6 Å². The third-order valence-electron chi connectivity index (χ3n) is 3.75. The molecule has 8 heteroatoms. The molecule has 2 aromatic carbocycles. The van der Waals surface area contributed by atoms with Crippen LogP contribution in [0.5, 0.6) is 5.75 Å². The highest BCUT2D eigenvalue weighted by Crippen LogP contribution is 2.33. The van der Waals surface area contributed by atoms with Crippen molar-refractivity contribution in [2.75, 3.05) is 10.6 Å². The first kappa shape index (κ1) is 16.2. The number of carboxylic acids is 1. The molecule has 1 atom stereocenters. The largest absolute Gasteiger partial charge is 0.872 e. The maximum Gasteiger partial charge on any atom is 0.335 e. The molecule has 0 radical (unpaired) electrons. The van der Waals surface area contributed by atoms with Crippen molar-refractivity contribution < 1.29 is 29.4 Å². The molecule has 0 unspecified atom stereocenters. The predicted molar refractivity (Wildman–Crippen MR) is 84.3 cm³/mol. The lowest BCUT2D eigenvalue weighted by molar-refractivity contribution is -0.268. The lowest BCUT2D eigenvalue weighted by atomic mass is 9.95. The first-order chi connectivity index (χ1) is 11.9. The fourth-order valence-corrected chi connectivity index (χ4v) is 2.57. The molecule has 0 spiro atoms. The number of para-hydroxylation sites is 1. The molecular formula is C17H11N2O6-. The summed E-state index contributed by atoms with van der Waals surface area (Å²) in [4.78, 5) is 47.4. The van der Waals surface area contributed by atoms with E-state index >= 15 is 0 Å². The van der Waals surface area contributed by atoms with Gasteiger partial charge in [-0.25, -0.2) is 4.79 Å². The molecule has 3 rings (SSSR count). The van der Waals surface area contributed by atoms with Gasteiger partial charge in [-0.3, -0.25) is 14.4 Å². The van der Waals surface area contributed by atoms with E-state index < -0.39 is 40.8 Å². The van der Waals surface area contributed by atoms with E-state index in [9.17, 15) is 24.3 Å². The summed E-state index contributed by atoms with van der Waals surface area (Å²) in [5, 5.41) is 25.1. The Kier molecular flexibility index (Phi) is 3.94. The molecule has 0 aliphatic carbocycles. The van der Waals surface area contributed by atoms with Gasteiger partial charge in [0.2, 0.25) is 11.7 Å². The van der Waals surface area contributed by atoms with E-state index in [1.54, 1.807) is 24.3 Å². The first-order valence-electron chi connectivity index (χ1n) is 7.18. The fraction of sp³-hybridized carbons (Fsp3) is 0.0588. The van der Waals surface area contributed by atoms with Gasteiger partial charge in [-0.15, -0.1) is 0 Å². The summed E-state index contributed by atoms with van der Waals surface area (Å²) in [5.41, 5.74) is 0.299. The van der Waals surface area contributed by atoms with Crippen LogP contribution in [-0.2, 0) is 14.4 Å². The quantitative estimate of drug-likeness (QED) is 0.554. The van der Waals surface area contributed by atoms with Gasteiger partial charge in [0.05, 0.1) is 5.56 Å². The second kappa shape index (κ2) is 6.08. The van der Waals surface area contributed by atoms with Gasteiger partial charge in [-0.2, -0.15) is 0 Å². The van der Waals surface area contributed by atoms with Crippen LogP contribution in [0.4, 0.5) is 11.4 Å². The van der Waals surface area contributed by atoms with Gasteiger partial charge in [-0.1, -0.05) is 30.0 Å². The second-order valence-corrected chi connectivity index (χ2v) is 5.34. The van der Waals surface area contributed by atoms with Gasteiger partial charge in [0.15, 0.2) is 0 Å². The number of ketones is 1. The molecule has 3 N–H and O–H groups in total. The number of carboxylic acid groups (broad SMARTS) is 1. The van der Waals surface area contributed by atoms with Gasteiger partial charge in [0, 0.05) is 11.4 Å². The maximum atomic E-state index is 12.4. The van der Waals surface area contributed by atoms with Gasteiger partial charge >= 0.3 is 5.97 Å². The summed E-state index contributed by atoms with van der Waals surface area (Å²) in [6, 6.07) is 9.62. The smallest absolute Gasteiger partial charge is 0.335 e. The minimum Gasteiger partial charge on any atom is -0.872 e. The number of aromatic carboxylic acids is 1. The Bertz CT molecular complexity index is 921. The molecule has 2 amide bonds. The van der Waals surface area contributed by atoms with Crippen LogP contribution in [0.25, 0.3) is 0 Å². The van der Waals surface area contributed by atoms with Crippen molar-refractivity contribution in [2.45, 2.75) is 5.92 Å². The van der Waals surface area contributed by atoms with Gasteiger partial charge in [0.25, 0.3) is 5.91 Å². The van der Waals surface area contributed by atoms with Crippen molar-refractivity contribution in [1.29, 1.82) is 0 Å². The molecule has 8 nitrogen and oxygen atoms in total. The lowest BCUT2D eigenvalue weighted by Crippen LogP contribution is -2.32. The summed E-state index contributed by atoms with van der Waals surface area (Å²) in [6.45, 7) is 0. The monoisotopic (exact) mass is 339 g/mol. The summed E-state index contributed by atoms with van der Waals surface area (Å²) in [7, 11) is 0. The molecule has 1 aliphatic rings. The van der Waals surface area contributed by atoms with E-state index in [4.69, 9.17) is 5.11 Å². The first-order valence-corrected chi connectivity index (χ1v) is 7.18. The van der Waals surface area contributed by atoms with E-state index in [-0.39, 0.29) is 5.69 Å². The Morgan fingerprint density at radius 2 is 1.84 bits per heavy atom. The number of carbonyl (C=O) groups is 4. The topological polar surface area (TPSA) is 136 Å². The molecule has 1 heterocycles. The minimum atomic E-state index is -1.45. The van der Waals surface area contributed by atoms with Crippen LogP contribution >= 0.6 is 0 Å². The van der Waals surface area contributed by atoms with E-state index in [0.717, 1.165) is 12.1 Å². The van der Waals surface area contributed by atoms with Crippen molar-refractivity contribution in [1.82, 2.24) is 0 Å². The normalized spacial score (nSPS) is 15.2. The van der Waals surface area contributed by atoms with Crippen LogP contribution in [-0.4, -0.2) is 28.7 Å². The van der Waals surface area contributed by atoms with Gasteiger partial charge < -0.3 is 20.8 Å². The fourth-order valence-electron chi connectivity index (χ4n) is 2.57. The summed E-state index contributed by atoms with van der Waals surface area (Å²) < 4.78 is 0. The lowest BCUT2D eigenvalue weighted by Gasteiger charge is -2.13. The Labute approximate surface area is 141 Å². The number of fused-ring (bicyclic) bond motifs is 1. The average Bonchev–Trinajstić information content (AvgIpc) is 2.91. The zero-order chi connectivity index (χ0) is 18.1. The zero-order valence-electron chi connectivity index (χ0n) is 12.6. The van der Waals surface area contributed by atoms with E-state index in [2.05, 4.69) is 10.6 Å².